The average molecular weight is 773 g/mol. The van der Waals surface area contributed by atoms with E-state index in [1.54, 1.807) is 0 Å². The summed E-state index contributed by atoms with van der Waals surface area (Å²) in [7, 11) is 0. The summed E-state index contributed by atoms with van der Waals surface area (Å²) in [5.41, 5.74) is 9.53. The highest BCUT2D eigenvalue weighted by atomic mass is 16.5. The molecule has 7 rings (SSSR count). The molecule has 0 N–H and O–H groups in total. The van der Waals surface area contributed by atoms with Gasteiger partial charge in [-0.15, -0.1) is 0 Å². The number of ether oxygens (including phenoxy) is 2. The van der Waals surface area contributed by atoms with E-state index >= 15 is 0 Å². The van der Waals surface area contributed by atoms with E-state index in [4.69, 9.17) is 9.47 Å². The van der Waals surface area contributed by atoms with Gasteiger partial charge in [0.1, 0.15) is 11.5 Å². The minimum absolute atomic E-state index is 0.519. The number of nitrogens with zero attached hydrogens (tertiary/aromatic N) is 2. The number of aromatic nitrogens is 2. The first kappa shape index (κ1) is 41.0. The zero-order valence-corrected chi connectivity index (χ0v) is 35.9. The van der Waals surface area contributed by atoms with Gasteiger partial charge in [0.25, 0.3) is 0 Å². The van der Waals surface area contributed by atoms with Crippen molar-refractivity contribution in [2.45, 2.75) is 106 Å². The topological polar surface area (TPSA) is 28.3 Å². The third kappa shape index (κ3) is 8.92. The Hall–Kier alpha value is -5.22. The molecule has 7 aromatic rings. The number of aryl methyl sites for hydroxylation is 2. The smallest absolute Gasteiger partial charge is 0.127 e. The number of para-hydroxylation sites is 2. The molecule has 0 bridgehead atoms. The van der Waals surface area contributed by atoms with E-state index in [2.05, 4.69) is 172 Å². The third-order valence-electron chi connectivity index (χ3n) is 12.3. The number of hydrogen-bond donors (Lipinski definition) is 0. The van der Waals surface area contributed by atoms with E-state index in [0.717, 1.165) is 48.6 Å². The van der Waals surface area contributed by atoms with Gasteiger partial charge >= 0.3 is 0 Å². The molecule has 0 aliphatic rings. The molecule has 4 nitrogen and oxygen atoms in total. The van der Waals surface area contributed by atoms with Gasteiger partial charge in [0.2, 0.25) is 0 Å². The second-order valence-corrected chi connectivity index (χ2v) is 16.1. The SMILES string of the molecule is CCCCC(CC)COc1cc(C=Cc2ccc3c4ccccc4n(CC)c3c2)c(OCC(CC)CCCC)cc1C=Cc1ccc2c3ccccc3n(CC)c2c1. The van der Waals surface area contributed by atoms with E-state index in [1.165, 1.54) is 93.3 Å². The van der Waals surface area contributed by atoms with Crippen molar-refractivity contribution in [2.24, 2.45) is 11.8 Å². The van der Waals surface area contributed by atoms with E-state index in [0.29, 0.717) is 25.0 Å². The lowest BCUT2D eigenvalue weighted by Gasteiger charge is -2.20. The Morgan fingerprint density at radius 2 is 0.879 bits per heavy atom. The van der Waals surface area contributed by atoms with Crippen LogP contribution in [0.25, 0.3) is 67.9 Å². The van der Waals surface area contributed by atoms with E-state index < -0.39 is 0 Å². The van der Waals surface area contributed by atoms with Crippen molar-refractivity contribution in [3.63, 3.8) is 0 Å². The highest BCUT2D eigenvalue weighted by Gasteiger charge is 2.16. The Labute approximate surface area is 347 Å². The lowest BCUT2D eigenvalue weighted by molar-refractivity contribution is 0.227. The number of benzene rings is 5. The van der Waals surface area contributed by atoms with E-state index in [1.807, 2.05) is 0 Å². The van der Waals surface area contributed by atoms with Crippen LogP contribution in [-0.2, 0) is 13.1 Å². The maximum atomic E-state index is 6.84. The van der Waals surface area contributed by atoms with Crippen molar-refractivity contribution in [1.82, 2.24) is 9.13 Å². The molecule has 302 valence electrons. The Kier molecular flexibility index (Phi) is 13.8. The third-order valence-corrected chi connectivity index (χ3v) is 12.3. The molecule has 58 heavy (non-hydrogen) atoms. The summed E-state index contributed by atoms with van der Waals surface area (Å²) in [5.74, 6) is 2.85. The van der Waals surface area contributed by atoms with Gasteiger partial charge in [-0.05, 0) is 86.1 Å². The molecule has 0 spiro atoms. The summed E-state index contributed by atoms with van der Waals surface area (Å²) < 4.78 is 18.5. The molecule has 2 atom stereocenters. The molecule has 2 aromatic heterocycles. The summed E-state index contributed by atoms with van der Waals surface area (Å²) in [6.45, 7) is 16.8. The van der Waals surface area contributed by atoms with Crippen LogP contribution >= 0.6 is 0 Å². The Morgan fingerprint density at radius 1 is 0.466 bits per heavy atom. The molecule has 2 heterocycles. The standard InChI is InChI=1S/C54H64N2O2/c1-7-13-19-39(9-3)37-57-53-35-44(30-26-42-28-32-48-46-22-16-18-24-50(46)56(12-6)52(48)34-42)54(58-38-40(10-4)20-14-8-2)36-43(53)29-25-41-27-31-47-45-21-15-17-23-49(45)55(11-5)51(47)33-41/h15-18,21-36,39-40H,7-14,19-20,37-38H2,1-6H3. The molecule has 0 aliphatic carbocycles. The maximum Gasteiger partial charge on any atom is 0.127 e. The van der Waals surface area contributed by atoms with Gasteiger partial charge in [0.05, 0.1) is 13.2 Å². The summed E-state index contributed by atoms with van der Waals surface area (Å²) in [5, 5.41) is 5.21. The van der Waals surface area contributed by atoms with Crippen molar-refractivity contribution in [1.29, 1.82) is 0 Å². The van der Waals surface area contributed by atoms with Gasteiger partial charge in [-0.25, -0.2) is 0 Å². The summed E-state index contributed by atoms with van der Waals surface area (Å²) in [6.07, 6.45) is 18.4. The van der Waals surface area contributed by atoms with Gasteiger partial charge in [0.15, 0.2) is 0 Å². The number of rotatable bonds is 20. The van der Waals surface area contributed by atoms with Crippen molar-refractivity contribution in [3.05, 3.63) is 119 Å². The van der Waals surface area contributed by atoms with Crippen LogP contribution in [0.15, 0.2) is 97.1 Å². The van der Waals surface area contributed by atoms with Crippen LogP contribution in [0.1, 0.15) is 115 Å². The first-order valence-corrected chi connectivity index (χ1v) is 22.3. The molecule has 0 radical (unpaired) electrons. The molecule has 0 saturated heterocycles. The van der Waals surface area contributed by atoms with E-state index in [-0.39, 0.29) is 0 Å². The fourth-order valence-corrected chi connectivity index (χ4v) is 8.71. The molecule has 5 aromatic carbocycles. The maximum absolute atomic E-state index is 6.84. The van der Waals surface area contributed by atoms with Gasteiger partial charge in [-0.1, -0.05) is 151 Å². The average Bonchev–Trinajstić information content (AvgIpc) is 3.76. The lowest BCUT2D eigenvalue weighted by Crippen LogP contribution is -2.13. The van der Waals surface area contributed by atoms with Crippen molar-refractivity contribution in [2.75, 3.05) is 13.2 Å². The minimum Gasteiger partial charge on any atom is -0.493 e. The summed E-state index contributed by atoms with van der Waals surface area (Å²) >= 11 is 0. The molecule has 0 saturated carbocycles. The van der Waals surface area contributed by atoms with E-state index in [9.17, 15) is 0 Å². The van der Waals surface area contributed by atoms with Gasteiger partial charge < -0.3 is 18.6 Å². The van der Waals surface area contributed by atoms with Crippen molar-refractivity contribution >= 4 is 67.9 Å². The quantitative estimate of drug-likeness (QED) is 0.0722. The van der Waals surface area contributed by atoms with Gasteiger partial charge in [-0.3, -0.25) is 0 Å². The Bertz CT molecular complexity index is 2340. The second kappa shape index (κ2) is 19.5. The van der Waals surface area contributed by atoms with Crippen LogP contribution in [0.3, 0.4) is 0 Å². The van der Waals surface area contributed by atoms with Gasteiger partial charge in [-0.2, -0.15) is 0 Å². The largest absolute Gasteiger partial charge is 0.493 e. The zero-order chi connectivity index (χ0) is 40.4. The minimum atomic E-state index is 0.519. The number of unbranched alkanes of at least 4 members (excludes halogenated alkanes) is 2. The van der Waals surface area contributed by atoms with Gasteiger partial charge in [0, 0.05) is 67.8 Å². The molecule has 2 unspecified atom stereocenters. The molecule has 4 heteroatoms. The molecular formula is C54H64N2O2. The predicted molar refractivity (Wildman–Crippen MR) is 252 cm³/mol. The lowest BCUT2D eigenvalue weighted by atomic mass is 10.00. The number of hydrogen-bond acceptors (Lipinski definition) is 2. The first-order valence-electron chi connectivity index (χ1n) is 22.3. The Morgan fingerprint density at radius 3 is 1.28 bits per heavy atom. The number of fused-ring (bicyclic) bond motifs is 6. The summed E-state index contributed by atoms with van der Waals surface area (Å²) in [6, 6.07) is 35.6. The Balaban J connectivity index is 1.29. The van der Waals surface area contributed by atoms with Crippen LogP contribution in [0.2, 0.25) is 0 Å². The normalized spacial score (nSPS) is 13.2. The molecule has 0 fully saturated rings. The van der Waals surface area contributed by atoms with Crippen LogP contribution < -0.4 is 9.47 Å². The first-order chi connectivity index (χ1) is 28.5. The van der Waals surface area contributed by atoms with Crippen molar-refractivity contribution < 1.29 is 9.47 Å². The molecular weight excluding hydrogens is 709 g/mol. The predicted octanol–water partition coefficient (Wildman–Crippen LogP) is 15.5. The highest BCUT2D eigenvalue weighted by molar-refractivity contribution is 6.09. The fourth-order valence-electron chi connectivity index (χ4n) is 8.71. The monoisotopic (exact) mass is 772 g/mol. The second-order valence-electron chi connectivity index (χ2n) is 16.1. The summed E-state index contributed by atoms with van der Waals surface area (Å²) in [4.78, 5) is 0. The van der Waals surface area contributed by atoms with Crippen LogP contribution in [-0.4, -0.2) is 22.3 Å². The molecule has 0 aliphatic heterocycles. The van der Waals surface area contributed by atoms with Crippen LogP contribution in [0, 0.1) is 11.8 Å². The van der Waals surface area contributed by atoms with Crippen molar-refractivity contribution in [3.8, 4) is 11.5 Å². The molecule has 0 amide bonds. The van der Waals surface area contributed by atoms with Crippen LogP contribution in [0.5, 0.6) is 11.5 Å². The zero-order valence-electron chi connectivity index (χ0n) is 35.9. The fraction of sp³-hybridized carbons (Fsp3) is 0.370. The highest BCUT2D eigenvalue weighted by Crippen LogP contribution is 2.36. The van der Waals surface area contributed by atoms with Crippen LogP contribution in [0.4, 0.5) is 0 Å².